The fourth-order valence-corrected chi connectivity index (χ4v) is 1.99. The minimum atomic E-state index is -4.00. The maximum absolute atomic E-state index is 13.0. The van der Waals surface area contributed by atoms with Gasteiger partial charge in [0.05, 0.1) is 23.1 Å². The summed E-state index contributed by atoms with van der Waals surface area (Å²) in [6.45, 7) is -0.456. The van der Waals surface area contributed by atoms with Crippen molar-refractivity contribution in [3.63, 3.8) is 0 Å². The number of sulfonamides is 1. The standard InChI is InChI=1S/C9H7FN2O4S/c10-8-2-1-6(5-7(8)9(13)14)17(15,16)12-4-3-11/h1-2,5,12H,4H2,(H,13,14). The highest BCUT2D eigenvalue weighted by Gasteiger charge is 2.18. The Morgan fingerprint density at radius 1 is 1.53 bits per heavy atom. The van der Waals surface area contributed by atoms with Crippen molar-refractivity contribution in [2.75, 3.05) is 6.54 Å². The lowest BCUT2D eigenvalue weighted by Crippen LogP contribution is -2.24. The summed E-state index contributed by atoms with van der Waals surface area (Å²) in [7, 11) is -4.00. The molecule has 0 aliphatic carbocycles. The van der Waals surface area contributed by atoms with Crippen LogP contribution >= 0.6 is 0 Å². The van der Waals surface area contributed by atoms with Crippen LogP contribution in [0.2, 0.25) is 0 Å². The number of halogens is 1. The third-order valence-corrected chi connectivity index (χ3v) is 3.22. The van der Waals surface area contributed by atoms with E-state index in [1.807, 2.05) is 4.72 Å². The Hall–Kier alpha value is -1.98. The summed E-state index contributed by atoms with van der Waals surface area (Å²) in [6, 6.07) is 3.91. The van der Waals surface area contributed by atoms with Crippen molar-refractivity contribution >= 4 is 16.0 Å². The number of hydrogen-bond donors (Lipinski definition) is 2. The van der Waals surface area contributed by atoms with Gasteiger partial charge in [0.2, 0.25) is 10.0 Å². The highest BCUT2D eigenvalue weighted by atomic mass is 32.2. The topological polar surface area (TPSA) is 107 Å². The molecule has 0 aliphatic rings. The van der Waals surface area contributed by atoms with Gasteiger partial charge < -0.3 is 5.11 Å². The molecule has 8 heteroatoms. The summed E-state index contributed by atoms with van der Waals surface area (Å²) in [5.41, 5.74) is -0.746. The predicted octanol–water partition coefficient (Wildman–Crippen LogP) is 0.326. The van der Waals surface area contributed by atoms with E-state index in [1.54, 1.807) is 6.07 Å². The largest absolute Gasteiger partial charge is 0.478 e. The summed E-state index contributed by atoms with van der Waals surface area (Å²) in [4.78, 5) is 10.2. The van der Waals surface area contributed by atoms with E-state index in [4.69, 9.17) is 10.4 Å². The van der Waals surface area contributed by atoms with E-state index < -0.39 is 38.8 Å². The summed E-state index contributed by atoms with van der Waals surface area (Å²) in [5, 5.41) is 16.9. The number of nitrogens with one attached hydrogen (secondary N) is 1. The average molecular weight is 258 g/mol. The molecule has 1 aromatic carbocycles. The maximum atomic E-state index is 13.0. The molecule has 1 rings (SSSR count). The molecule has 0 atom stereocenters. The SMILES string of the molecule is N#CCNS(=O)(=O)c1ccc(F)c(C(=O)O)c1. The van der Waals surface area contributed by atoms with Gasteiger partial charge in [-0.25, -0.2) is 17.6 Å². The second kappa shape index (κ2) is 4.90. The van der Waals surface area contributed by atoms with E-state index in [9.17, 15) is 17.6 Å². The first kappa shape index (κ1) is 13.1. The second-order valence-electron chi connectivity index (χ2n) is 2.93. The highest BCUT2D eigenvalue weighted by molar-refractivity contribution is 7.89. The van der Waals surface area contributed by atoms with E-state index in [0.29, 0.717) is 6.07 Å². The Labute approximate surface area is 96.4 Å². The van der Waals surface area contributed by atoms with Crippen molar-refractivity contribution in [3.8, 4) is 6.07 Å². The zero-order valence-electron chi connectivity index (χ0n) is 8.34. The van der Waals surface area contributed by atoms with E-state index in [1.165, 1.54) is 0 Å². The predicted molar refractivity (Wildman–Crippen MR) is 54.2 cm³/mol. The first-order valence-electron chi connectivity index (χ1n) is 4.28. The molecule has 6 nitrogen and oxygen atoms in total. The number of aromatic carboxylic acids is 1. The van der Waals surface area contributed by atoms with Crippen LogP contribution in [0.25, 0.3) is 0 Å². The molecule has 0 aliphatic heterocycles. The van der Waals surface area contributed by atoms with Gasteiger partial charge in [0, 0.05) is 0 Å². The second-order valence-corrected chi connectivity index (χ2v) is 4.70. The van der Waals surface area contributed by atoms with Crippen molar-refractivity contribution in [2.24, 2.45) is 0 Å². The number of rotatable bonds is 4. The molecule has 90 valence electrons. The van der Waals surface area contributed by atoms with Crippen molar-refractivity contribution in [3.05, 3.63) is 29.6 Å². The van der Waals surface area contributed by atoms with Crippen molar-refractivity contribution in [1.29, 1.82) is 5.26 Å². The first-order chi connectivity index (χ1) is 7.88. The van der Waals surface area contributed by atoms with E-state index in [0.717, 1.165) is 12.1 Å². The van der Waals surface area contributed by atoms with Gasteiger partial charge >= 0.3 is 5.97 Å². The third kappa shape index (κ3) is 2.99. The highest BCUT2D eigenvalue weighted by Crippen LogP contribution is 2.14. The van der Waals surface area contributed by atoms with E-state index >= 15 is 0 Å². The van der Waals surface area contributed by atoms with Crippen LogP contribution in [0.3, 0.4) is 0 Å². The summed E-state index contributed by atoms with van der Waals surface area (Å²) < 4.78 is 37.9. The molecular weight excluding hydrogens is 251 g/mol. The maximum Gasteiger partial charge on any atom is 0.338 e. The Balaban J connectivity index is 3.21. The molecule has 0 saturated carbocycles. The van der Waals surface area contributed by atoms with Crippen LogP contribution in [0.5, 0.6) is 0 Å². The molecule has 0 aromatic heterocycles. The van der Waals surface area contributed by atoms with Crippen LogP contribution in [-0.4, -0.2) is 26.0 Å². The Bertz CT molecular complexity index is 592. The molecule has 0 amide bonds. The molecule has 0 bridgehead atoms. The molecule has 0 heterocycles. The number of nitriles is 1. The molecule has 0 saturated heterocycles. The molecule has 0 fully saturated rings. The molecule has 0 spiro atoms. The molecule has 17 heavy (non-hydrogen) atoms. The van der Waals surface area contributed by atoms with E-state index in [-0.39, 0.29) is 0 Å². The van der Waals surface area contributed by atoms with E-state index in [2.05, 4.69) is 0 Å². The molecule has 0 unspecified atom stereocenters. The number of hydrogen-bond acceptors (Lipinski definition) is 4. The van der Waals surface area contributed by atoms with Crippen molar-refractivity contribution in [2.45, 2.75) is 4.90 Å². The first-order valence-corrected chi connectivity index (χ1v) is 5.76. The fourth-order valence-electron chi connectivity index (χ4n) is 1.05. The van der Waals surface area contributed by atoms with Crippen LogP contribution < -0.4 is 4.72 Å². The van der Waals surface area contributed by atoms with Crippen LogP contribution in [0.15, 0.2) is 23.1 Å². The van der Waals surface area contributed by atoms with Crippen LogP contribution in [0.1, 0.15) is 10.4 Å². The Morgan fingerprint density at radius 3 is 2.71 bits per heavy atom. The number of carboxylic acid groups (broad SMARTS) is 1. The average Bonchev–Trinajstić information content (AvgIpc) is 2.26. The van der Waals surface area contributed by atoms with Gasteiger partial charge in [0.15, 0.2) is 0 Å². The summed E-state index contributed by atoms with van der Waals surface area (Å²) in [6.07, 6.45) is 0. The number of carboxylic acids is 1. The molecule has 2 N–H and O–H groups in total. The van der Waals surface area contributed by atoms with Gasteiger partial charge in [-0.2, -0.15) is 9.98 Å². The van der Waals surface area contributed by atoms with Crippen LogP contribution in [0, 0.1) is 17.1 Å². The number of nitrogens with zero attached hydrogens (tertiary/aromatic N) is 1. The van der Waals surface area contributed by atoms with Crippen molar-refractivity contribution in [1.82, 2.24) is 4.72 Å². The zero-order valence-corrected chi connectivity index (χ0v) is 9.16. The van der Waals surface area contributed by atoms with Gasteiger partial charge in [-0.05, 0) is 18.2 Å². The normalized spacial score (nSPS) is 10.8. The summed E-state index contributed by atoms with van der Waals surface area (Å²) >= 11 is 0. The molecule has 0 radical (unpaired) electrons. The van der Waals surface area contributed by atoms with Gasteiger partial charge in [-0.3, -0.25) is 0 Å². The third-order valence-electron chi connectivity index (χ3n) is 1.82. The smallest absolute Gasteiger partial charge is 0.338 e. The minimum absolute atomic E-state index is 0.411. The lowest BCUT2D eigenvalue weighted by atomic mass is 10.2. The monoisotopic (exact) mass is 258 g/mol. The summed E-state index contributed by atoms with van der Waals surface area (Å²) in [5.74, 6) is -2.60. The molecule has 1 aromatic rings. The molecular formula is C9H7FN2O4S. The number of benzene rings is 1. The Morgan fingerprint density at radius 2 is 2.18 bits per heavy atom. The minimum Gasteiger partial charge on any atom is -0.478 e. The lowest BCUT2D eigenvalue weighted by Gasteiger charge is -2.05. The quantitative estimate of drug-likeness (QED) is 0.756. The van der Waals surface area contributed by atoms with Gasteiger partial charge in [-0.15, -0.1) is 0 Å². The number of carbonyl (C=O) groups is 1. The van der Waals surface area contributed by atoms with Crippen molar-refractivity contribution < 1.29 is 22.7 Å². The van der Waals surface area contributed by atoms with Gasteiger partial charge in [0.25, 0.3) is 0 Å². The van der Waals surface area contributed by atoms with Crippen LogP contribution in [0.4, 0.5) is 4.39 Å². The zero-order chi connectivity index (χ0) is 13.1. The lowest BCUT2D eigenvalue weighted by molar-refractivity contribution is 0.0691. The van der Waals surface area contributed by atoms with Gasteiger partial charge in [-0.1, -0.05) is 0 Å². The van der Waals surface area contributed by atoms with Gasteiger partial charge in [0.1, 0.15) is 5.82 Å². The Kier molecular flexibility index (Phi) is 3.77. The van der Waals surface area contributed by atoms with Crippen LogP contribution in [-0.2, 0) is 10.0 Å². The fraction of sp³-hybridized carbons (Fsp3) is 0.111.